The molecule has 1 saturated heterocycles. The normalized spacial score (nSPS) is 16.3. The number of nitrogens with zero attached hydrogens (tertiary/aromatic N) is 2. The maximum absolute atomic E-state index is 13.4. The van der Waals surface area contributed by atoms with Gasteiger partial charge in [-0.05, 0) is 49.4 Å². The first-order valence-corrected chi connectivity index (χ1v) is 8.80. The van der Waals surface area contributed by atoms with Crippen molar-refractivity contribution in [1.82, 2.24) is 5.32 Å². The lowest BCUT2D eigenvalue weighted by atomic mass is 10.2. The number of ether oxygens (including phenoxy) is 1. The lowest BCUT2D eigenvalue weighted by molar-refractivity contribution is -0.117. The summed E-state index contributed by atoms with van der Waals surface area (Å²) in [6, 6.07) is 12.5. The Kier molecular flexibility index (Phi) is 5.59. The number of rotatable bonds is 5. The Bertz CT molecular complexity index is 825. The highest BCUT2D eigenvalue weighted by Gasteiger charge is 2.32. The van der Waals surface area contributed by atoms with Crippen molar-refractivity contribution < 1.29 is 18.7 Å². The molecule has 27 heavy (non-hydrogen) atoms. The average Bonchev–Trinajstić information content (AvgIpc) is 3.03. The Labute approximate surface area is 157 Å². The van der Waals surface area contributed by atoms with Crippen LogP contribution in [0.4, 0.5) is 20.6 Å². The number of urea groups is 1. The summed E-state index contributed by atoms with van der Waals surface area (Å²) in [4.78, 5) is 28.1. The molecule has 1 heterocycles. The van der Waals surface area contributed by atoms with Crippen LogP contribution in [0.2, 0.25) is 0 Å². The van der Waals surface area contributed by atoms with Gasteiger partial charge in [0.05, 0.1) is 13.2 Å². The van der Waals surface area contributed by atoms with Crippen LogP contribution in [-0.4, -0.2) is 38.2 Å². The van der Waals surface area contributed by atoms with E-state index in [1.807, 2.05) is 6.92 Å². The second kappa shape index (κ2) is 8.07. The first kappa shape index (κ1) is 18.7. The van der Waals surface area contributed by atoms with E-state index in [-0.39, 0.29) is 24.4 Å². The van der Waals surface area contributed by atoms with Gasteiger partial charge in [0.1, 0.15) is 11.6 Å². The molecular formula is C20H22FN3O3. The Morgan fingerprint density at radius 3 is 2.67 bits per heavy atom. The fraction of sp³-hybridized carbons (Fsp3) is 0.300. The molecule has 1 atom stereocenters. The highest BCUT2D eigenvalue weighted by atomic mass is 19.1. The summed E-state index contributed by atoms with van der Waals surface area (Å²) in [5.74, 6) is 0.171. The predicted molar refractivity (Wildman–Crippen MR) is 102 cm³/mol. The van der Waals surface area contributed by atoms with Crippen molar-refractivity contribution in [2.75, 3.05) is 30.0 Å². The van der Waals surface area contributed by atoms with Gasteiger partial charge in [-0.1, -0.05) is 6.07 Å². The molecule has 1 aliphatic heterocycles. The number of anilines is 2. The lowest BCUT2D eigenvalue weighted by Crippen LogP contribution is -2.46. The van der Waals surface area contributed by atoms with Crippen molar-refractivity contribution in [3.05, 3.63) is 54.3 Å². The van der Waals surface area contributed by atoms with Crippen molar-refractivity contribution >= 4 is 23.3 Å². The Morgan fingerprint density at radius 1 is 1.30 bits per heavy atom. The molecule has 3 amide bonds. The molecule has 6 nitrogen and oxygen atoms in total. The van der Waals surface area contributed by atoms with E-state index in [0.29, 0.717) is 24.5 Å². The zero-order valence-electron chi connectivity index (χ0n) is 15.3. The molecule has 0 radical (unpaired) electrons. The van der Waals surface area contributed by atoms with Crippen LogP contribution in [0, 0.1) is 5.82 Å². The van der Waals surface area contributed by atoms with E-state index in [1.165, 1.54) is 17.0 Å². The van der Waals surface area contributed by atoms with E-state index in [0.717, 1.165) is 5.69 Å². The molecule has 1 fully saturated rings. The standard InChI is InChI=1S/C20H22FN3O3/c1-3-23(16-7-9-18(27-2)10-8-16)20(26)22-15-12-19(25)24(13-15)17-6-4-5-14(21)11-17/h4-11,15H,3,12-13H2,1-2H3,(H,22,26)/t15-/m1/s1. The van der Waals surface area contributed by atoms with Crippen LogP contribution in [0.1, 0.15) is 13.3 Å². The van der Waals surface area contributed by atoms with Gasteiger partial charge >= 0.3 is 6.03 Å². The average molecular weight is 371 g/mol. The predicted octanol–water partition coefficient (Wildman–Crippen LogP) is 3.18. The summed E-state index contributed by atoms with van der Waals surface area (Å²) in [6.07, 6.45) is 0.183. The second-order valence-corrected chi connectivity index (χ2v) is 6.28. The van der Waals surface area contributed by atoms with Gasteiger partial charge in [0.25, 0.3) is 0 Å². The molecular weight excluding hydrogens is 349 g/mol. The molecule has 0 aliphatic carbocycles. The summed E-state index contributed by atoms with van der Waals surface area (Å²) in [6.45, 7) is 2.67. The maximum Gasteiger partial charge on any atom is 0.322 e. The van der Waals surface area contributed by atoms with Crippen molar-refractivity contribution in [2.24, 2.45) is 0 Å². The van der Waals surface area contributed by atoms with Crippen molar-refractivity contribution in [3.8, 4) is 5.75 Å². The first-order chi connectivity index (χ1) is 13.0. The molecule has 1 aliphatic rings. The molecule has 0 spiro atoms. The van der Waals surface area contributed by atoms with E-state index in [2.05, 4.69) is 5.32 Å². The molecule has 2 aromatic carbocycles. The molecule has 7 heteroatoms. The number of amides is 3. The Hall–Kier alpha value is -3.09. The molecule has 0 bridgehead atoms. The minimum absolute atomic E-state index is 0.140. The topological polar surface area (TPSA) is 61.9 Å². The summed E-state index contributed by atoms with van der Waals surface area (Å²) < 4.78 is 18.6. The van der Waals surface area contributed by atoms with Crippen LogP contribution >= 0.6 is 0 Å². The minimum atomic E-state index is -0.399. The number of halogens is 1. The first-order valence-electron chi connectivity index (χ1n) is 8.80. The number of carbonyl (C=O) groups is 2. The van der Waals surface area contributed by atoms with Gasteiger partial charge in [-0.25, -0.2) is 9.18 Å². The van der Waals surface area contributed by atoms with Crippen molar-refractivity contribution in [3.63, 3.8) is 0 Å². The molecule has 2 aromatic rings. The van der Waals surface area contributed by atoms with E-state index in [4.69, 9.17) is 4.74 Å². The van der Waals surface area contributed by atoms with Crippen LogP contribution in [-0.2, 0) is 4.79 Å². The Morgan fingerprint density at radius 2 is 2.04 bits per heavy atom. The quantitative estimate of drug-likeness (QED) is 0.878. The number of methoxy groups -OCH3 is 1. The van der Waals surface area contributed by atoms with Crippen molar-refractivity contribution in [1.29, 1.82) is 0 Å². The van der Waals surface area contributed by atoms with Gasteiger partial charge in [-0.15, -0.1) is 0 Å². The van der Waals surface area contributed by atoms with Crippen LogP contribution in [0.5, 0.6) is 5.75 Å². The summed E-state index contributed by atoms with van der Waals surface area (Å²) in [7, 11) is 1.58. The maximum atomic E-state index is 13.4. The van der Waals surface area contributed by atoms with E-state index in [1.54, 1.807) is 48.4 Å². The zero-order chi connectivity index (χ0) is 19.4. The molecule has 0 aromatic heterocycles. The lowest BCUT2D eigenvalue weighted by Gasteiger charge is -2.24. The summed E-state index contributed by atoms with van der Waals surface area (Å²) >= 11 is 0. The Balaban J connectivity index is 1.67. The minimum Gasteiger partial charge on any atom is -0.497 e. The van der Waals surface area contributed by atoms with Gasteiger partial charge in [-0.2, -0.15) is 0 Å². The molecule has 3 rings (SSSR count). The molecule has 0 saturated carbocycles. The monoisotopic (exact) mass is 371 g/mol. The fourth-order valence-corrected chi connectivity index (χ4v) is 3.16. The number of hydrogen-bond donors (Lipinski definition) is 1. The molecule has 142 valence electrons. The summed E-state index contributed by atoms with van der Waals surface area (Å²) in [5.41, 5.74) is 1.24. The van der Waals surface area contributed by atoms with Gasteiger partial charge in [0.15, 0.2) is 0 Å². The van der Waals surface area contributed by atoms with E-state index < -0.39 is 5.82 Å². The third-order valence-electron chi connectivity index (χ3n) is 4.52. The number of benzene rings is 2. The van der Waals surface area contributed by atoms with Gasteiger partial charge in [0, 0.05) is 30.9 Å². The van der Waals surface area contributed by atoms with Crippen LogP contribution in [0.3, 0.4) is 0 Å². The fourth-order valence-electron chi connectivity index (χ4n) is 3.16. The van der Waals surface area contributed by atoms with Gasteiger partial charge in [0.2, 0.25) is 5.91 Å². The van der Waals surface area contributed by atoms with Crippen LogP contribution < -0.4 is 19.9 Å². The van der Waals surface area contributed by atoms with Crippen molar-refractivity contribution in [2.45, 2.75) is 19.4 Å². The van der Waals surface area contributed by atoms with Gasteiger partial charge < -0.3 is 15.0 Å². The summed E-state index contributed by atoms with van der Waals surface area (Å²) in [5, 5.41) is 2.90. The highest BCUT2D eigenvalue weighted by molar-refractivity contribution is 5.98. The third kappa shape index (κ3) is 4.19. The largest absolute Gasteiger partial charge is 0.497 e. The third-order valence-corrected chi connectivity index (χ3v) is 4.52. The second-order valence-electron chi connectivity index (χ2n) is 6.28. The van der Waals surface area contributed by atoms with Crippen LogP contribution in [0.25, 0.3) is 0 Å². The van der Waals surface area contributed by atoms with E-state index in [9.17, 15) is 14.0 Å². The highest BCUT2D eigenvalue weighted by Crippen LogP contribution is 2.23. The van der Waals surface area contributed by atoms with Crippen LogP contribution in [0.15, 0.2) is 48.5 Å². The SMILES string of the molecule is CCN(C(=O)N[C@@H]1CC(=O)N(c2cccc(F)c2)C1)c1ccc(OC)cc1. The molecule has 0 unspecified atom stereocenters. The number of hydrogen-bond acceptors (Lipinski definition) is 3. The van der Waals surface area contributed by atoms with Gasteiger partial charge in [-0.3, -0.25) is 9.69 Å². The zero-order valence-corrected chi connectivity index (χ0v) is 15.3. The van der Waals surface area contributed by atoms with E-state index >= 15 is 0 Å². The smallest absolute Gasteiger partial charge is 0.322 e. The molecule has 1 N–H and O–H groups in total. The number of nitrogens with one attached hydrogen (secondary N) is 1. The number of carbonyl (C=O) groups excluding carboxylic acids is 2.